The van der Waals surface area contributed by atoms with E-state index in [0.29, 0.717) is 6.61 Å². The van der Waals surface area contributed by atoms with Gasteiger partial charge in [0.05, 0.1) is 12.9 Å². The monoisotopic (exact) mass is 337 g/mol. The maximum atomic E-state index is 5.63. The van der Waals surface area contributed by atoms with Gasteiger partial charge in [-0.15, -0.1) is 0 Å². The second kappa shape index (κ2) is 8.07. The maximum Gasteiger partial charge on any atom is 0.123 e. The Morgan fingerprint density at radius 3 is 3.05 bits per heavy atom. The van der Waals surface area contributed by atoms with E-state index < -0.39 is 0 Å². The van der Waals surface area contributed by atoms with E-state index in [9.17, 15) is 0 Å². The predicted octanol–water partition coefficient (Wildman–Crippen LogP) is 3.22. The largest absolute Gasteiger partial charge is 0.494 e. The van der Waals surface area contributed by atoms with Crippen LogP contribution in [-0.2, 0) is 13.1 Å². The van der Waals surface area contributed by atoms with Crippen LogP contribution in [0.1, 0.15) is 18.9 Å². The van der Waals surface area contributed by atoms with Crippen LogP contribution in [0.4, 0.5) is 0 Å². The van der Waals surface area contributed by atoms with Crippen LogP contribution in [0, 0.1) is 0 Å². The summed E-state index contributed by atoms with van der Waals surface area (Å²) in [6.07, 6.45) is 6.72. The van der Waals surface area contributed by atoms with E-state index in [1.165, 1.54) is 5.56 Å². The molecule has 0 bridgehead atoms. The number of aryl methyl sites for hydroxylation is 1. The highest BCUT2D eigenvalue weighted by molar-refractivity contribution is 9.10. The highest BCUT2D eigenvalue weighted by atomic mass is 79.9. The standard InChI is InChI=1S/C15H20BrN3O/c1-2-20-15-5-4-14(16)10-13(15)11-17-6-3-8-19-9-7-18-12-19/h4-5,7,9-10,12,17H,2-3,6,8,11H2,1H3. The summed E-state index contributed by atoms with van der Waals surface area (Å²) in [6, 6.07) is 6.12. The number of aromatic nitrogens is 2. The zero-order chi connectivity index (χ0) is 14.2. The molecule has 0 radical (unpaired) electrons. The zero-order valence-electron chi connectivity index (χ0n) is 11.7. The van der Waals surface area contributed by atoms with Crippen molar-refractivity contribution in [2.75, 3.05) is 13.2 Å². The van der Waals surface area contributed by atoms with Gasteiger partial charge in [-0.3, -0.25) is 0 Å². The molecule has 0 atom stereocenters. The highest BCUT2D eigenvalue weighted by Crippen LogP contribution is 2.23. The molecule has 2 rings (SSSR count). The number of rotatable bonds is 8. The molecule has 0 amide bonds. The van der Waals surface area contributed by atoms with Crippen molar-refractivity contribution in [3.8, 4) is 5.75 Å². The summed E-state index contributed by atoms with van der Waals surface area (Å²) in [5.41, 5.74) is 1.18. The van der Waals surface area contributed by atoms with Crippen molar-refractivity contribution in [3.63, 3.8) is 0 Å². The van der Waals surface area contributed by atoms with Crippen LogP contribution in [0.5, 0.6) is 5.75 Å². The molecule has 1 aromatic carbocycles. The van der Waals surface area contributed by atoms with Gasteiger partial charge in [0.2, 0.25) is 0 Å². The molecular formula is C15H20BrN3O. The van der Waals surface area contributed by atoms with E-state index in [0.717, 1.165) is 36.3 Å². The minimum Gasteiger partial charge on any atom is -0.494 e. The average Bonchev–Trinajstić information content (AvgIpc) is 2.94. The summed E-state index contributed by atoms with van der Waals surface area (Å²) in [6.45, 7) is 5.47. The maximum absolute atomic E-state index is 5.63. The molecule has 0 aliphatic rings. The SMILES string of the molecule is CCOc1ccc(Br)cc1CNCCCn1ccnc1. The number of halogens is 1. The Hall–Kier alpha value is -1.33. The number of nitrogens with zero attached hydrogens (tertiary/aromatic N) is 2. The molecule has 0 spiro atoms. The number of hydrogen-bond donors (Lipinski definition) is 1. The van der Waals surface area contributed by atoms with Gasteiger partial charge in [-0.05, 0) is 38.1 Å². The minimum absolute atomic E-state index is 0.690. The van der Waals surface area contributed by atoms with Crippen molar-refractivity contribution in [2.45, 2.75) is 26.4 Å². The lowest BCUT2D eigenvalue weighted by Gasteiger charge is -2.11. The number of nitrogens with one attached hydrogen (secondary N) is 1. The van der Waals surface area contributed by atoms with Crippen LogP contribution < -0.4 is 10.1 Å². The third kappa shape index (κ3) is 4.65. The fourth-order valence-electron chi connectivity index (χ4n) is 2.01. The first-order valence-corrected chi connectivity index (χ1v) is 7.66. The third-order valence-electron chi connectivity index (χ3n) is 2.97. The summed E-state index contributed by atoms with van der Waals surface area (Å²) >= 11 is 3.50. The van der Waals surface area contributed by atoms with Gasteiger partial charge in [-0.25, -0.2) is 4.98 Å². The van der Waals surface area contributed by atoms with E-state index in [2.05, 4.69) is 36.9 Å². The van der Waals surface area contributed by atoms with E-state index in [1.807, 2.05) is 37.8 Å². The fourth-order valence-corrected chi connectivity index (χ4v) is 2.42. The molecule has 1 aromatic heterocycles. The van der Waals surface area contributed by atoms with Gasteiger partial charge >= 0.3 is 0 Å². The molecule has 4 nitrogen and oxygen atoms in total. The topological polar surface area (TPSA) is 39.1 Å². The summed E-state index contributed by atoms with van der Waals surface area (Å²) in [5, 5.41) is 3.46. The second-order valence-electron chi connectivity index (χ2n) is 4.52. The Bertz CT molecular complexity index is 514. The Kier molecular flexibility index (Phi) is 6.08. The molecule has 0 saturated carbocycles. The Morgan fingerprint density at radius 1 is 1.40 bits per heavy atom. The molecule has 0 saturated heterocycles. The quantitative estimate of drug-likeness (QED) is 0.751. The van der Waals surface area contributed by atoms with Gasteiger partial charge in [0.25, 0.3) is 0 Å². The number of hydrogen-bond acceptors (Lipinski definition) is 3. The van der Waals surface area contributed by atoms with Gasteiger partial charge in [-0.2, -0.15) is 0 Å². The van der Waals surface area contributed by atoms with Crippen LogP contribution in [0.3, 0.4) is 0 Å². The Morgan fingerprint density at radius 2 is 2.30 bits per heavy atom. The molecule has 20 heavy (non-hydrogen) atoms. The fraction of sp³-hybridized carbons (Fsp3) is 0.400. The average molecular weight is 338 g/mol. The van der Waals surface area contributed by atoms with E-state index in [1.54, 1.807) is 0 Å². The Balaban J connectivity index is 1.76. The highest BCUT2D eigenvalue weighted by Gasteiger charge is 2.03. The van der Waals surface area contributed by atoms with Crippen molar-refractivity contribution < 1.29 is 4.74 Å². The van der Waals surface area contributed by atoms with E-state index in [4.69, 9.17) is 4.74 Å². The molecule has 0 aliphatic carbocycles. The summed E-state index contributed by atoms with van der Waals surface area (Å²) in [4.78, 5) is 4.03. The van der Waals surface area contributed by atoms with Crippen LogP contribution in [-0.4, -0.2) is 22.7 Å². The molecular weight excluding hydrogens is 318 g/mol. The van der Waals surface area contributed by atoms with Gasteiger partial charge in [0, 0.05) is 35.5 Å². The molecule has 108 valence electrons. The smallest absolute Gasteiger partial charge is 0.123 e. The van der Waals surface area contributed by atoms with Crippen molar-refractivity contribution in [1.29, 1.82) is 0 Å². The lowest BCUT2D eigenvalue weighted by atomic mass is 10.2. The van der Waals surface area contributed by atoms with Crippen LogP contribution in [0.2, 0.25) is 0 Å². The van der Waals surface area contributed by atoms with Gasteiger partial charge in [-0.1, -0.05) is 15.9 Å². The van der Waals surface area contributed by atoms with Crippen molar-refractivity contribution in [3.05, 3.63) is 47.0 Å². The number of benzene rings is 1. The zero-order valence-corrected chi connectivity index (χ0v) is 13.3. The normalized spacial score (nSPS) is 10.7. The molecule has 5 heteroatoms. The van der Waals surface area contributed by atoms with Crippen molar-refractivity contribution >= 4 is 15.9 Å². The lowest BCUT2D eigenvalue weighted by Crippen LogP contribution is -2.17. The van der Waals surface area contributed by atoms with Crippen LogP contribution in [0.25, 0.3) is 0 Å². The van der Waals surface area contributed by atoms with E-state index >= 15 is 0 Å². The van der Waals surface area contributed by atoms with Gasteiger partial charge in [0.1, 0.15) is 5.75 Å². The molecule has 1 heterocycles. The minimum atomic E-state index is 0.690. The third-order valence-corrected chi connectivity index (χ3v) is 3.46. The summed E-state index contributed by atoms with van der Waals surface area (Å²) in [7, 11) is 0. The van der Waals surface area contributed by atoms with E-state index in [-0.39, 0.29) is 0 Å². The first-order valence-electron chi connectivity index (χ1n) is 6.87. The first kappa shape index (κ1) is 15.1. The predicted molar refractivity (Wildman–Crippen MR) is 83.9 cm³/mol. The molecule has 1 N–H and O–H groups in total. The summed E-state index contributed by atoms with van der Waals surface area (Å²) < 4.78 is 8.80. The Labute approximate surface area is 128 Å². The first-order chi connectivity index (χ1) is 9.79. The second-order valence-corrected chi connectivity index (χ2v) is 5.43. The van der Waals surface area contributed by atoms with Crippen LogP contribution >= 0.6 is 15.9 Å². The molecule has 0 fully saturated rings. The lowest BCUT2D eigenvalue weighted by molar-refractivity contribution is 0.335. The number of ether oxygens (including phenoxy) is 1. The molecule has 0 aliphatic heterocycles. The van der Waals surface area contributed by atoms with Gasteiger partial charge < -0.3 is 14.6 Å². The van der Waals surface area contributed by atoms with Crippen LogP contribution in [0.15, 0.2) is 41.4 Å². The van der Waals surface area contributed by atoms with Gasteiger partial charge in [0.15, 0.2) is 0 Å². The molecule has 2 aromatic rings. The van der Waals surface area contributed by atoms with Crippen molar-refractivity contribution in [2.24, 2.45) is 0 Å². The summed E-state index contributed by atoms with van der Waals surface area (Å²) in [5.74, 6) is 0.956. The molecule has 0 unspecified atom stereocenters. The van der Waals surface area contributed by atoms with Crippen molar-refractivity contribution in [1.82, 2.24) is 14.9 Å². The number of imidazole rings is 1.